The van der Waals surface area contributed by atoms with Gasteiger partial charge in [-0.25, -0.2) is 0 Å². The maximum Gasteiger partial charge on any atom is 0.133 e. The molecule has 1 aromatic heterocycles. The summed E-state index contributed by atoms with van der Waals surface area (Å²) in [7, 11) is 0. The lowest BCUT2D eigenvalue weighted by Gasteiger charge is -1.89. The second-order valence-corrected chi connectivity index (χ2v) is 4.15. The van der Waals surface area contributed by atoms with Crippen LogP contribution in [0.4, 0.5) is 0 Å². The van der Waals surface area contributed by atoms with Gasteiger partial charge in [0.2, 0.25) is 0 Å². The Kier molecular flexibility index (Phi) is 3.13. The second kappa shape index (κ2) is 3.98. The van der Waals surface area contributed by atoms with Gasteiger partial charge < -0.3 is 5.73 Å². The third-order valence-corrected chi connectivity index (χ3v) is 3.09. The van der Waals surface area contributed by atoms with Crippen LogP contribution in [0.25, 0.3) is 10.1 Å². The van der Waals surface area contributed by atoms with Crippen LogP contribution in [0.5, 0.6) is 0 Å². The standard InChI is InChI=1S/C10H10N2S.ClH/c1-6-2-3-8-7(4-6)5-9(13-8)10(11)12;/h2-5H,1H3,(H3,11,12);1H. The fourth-order valence-electron chi connectivity index (χ4n) is 1.30. The first-order valence-corrected chi connectivity index (χ1v) is 4.83. The molecule has 0 aliphatic rings. The van der Waals surface area contributed by atoms with Crippen molar-refractivity contribution >= 4 is 39.7 Å². The van der Waals surface area contributed by atoms with E-state index in [0.29, 0.717) is 0 Å². The molecule has 3 N–H and O–H groups in total. The van der Waals surface area contributed by atoms with Gasteiger partial charge in [-0.3, -0.25) is 5.41 Å². The monoisotopic (exact) mass is 226 g/mol. The summed E-state index contributed by atoms with van der Waals surface area (Å²) in [5, 5.41) is 8.49. The van der Waals surface area contributed by atoms with E-state index in [4.69, 9.17) is 11.1 Å². The summed E-state index contributed by atoms with van der Waals surface area (Å²) in [6, 6.07) is 8.22. The maximum absolute atomic E-state index is 7.31. The molecule has 0 aliphatic carbocycles. The van der Waals surface area contributed by atoms with Gasteiger partial charge in [-0.1, -0.05) is 17.7 Å². The number of aryl methyl sites for hydroxylation is 1. The average Bonchev–Trinajstić information content (AvgIpc) is 2.46. The molecule has 0 fully saturated rings. The fraction of sp³-hybridized carbons (Fsp3) is 0.100. The van der Waals surface area contributed by atoms with Crippen molar-refractivity contribution in [3.63, 3.8) is 0 Å². The summed E-state index contributed by atoms with van der Waals surface area (Å²) in [5.41, 5.74) is 6.65. The Morgan fingerprint density at radius 3 is 2.71 bits per heavy atom. The highest BCUT2D eigenvalue weighted by atomic mass is 35.5. The Labute approximate surface area is 92.7 Å². The maximum atomic E-state index is 7.31. The molecular formula is C10H11ClN2S. The highest BCUT2D eigenvalue weighted by Gasteiger charge is 2.03. The van der Waals surface area contributed by atoms with Crippen LogP contribution in [-0.4, -0.2) is 5.84 Å². The van der Waals surface area contributed by atoms with Crippen molar-refractivity contribution < 1.29 is 0 Å². The summed E-state index contributed by atoms with van der Waals surface area (Å²) in [6.45, 7) is 2.06. The van der Waals surface area contributed by atoms with Crippen molar-refractivity contribution in [3.05, 3.63) is 34.7 Å². The first-order chi connectivity index (χ1) is 6.16. The number of rotatable bonds is 1. The van der Waals surface area contributed by atoms with Crippen LogP contribution in [0.2, 0.25) is 0 Å². The van der Waals surface area contributed by atoms with Gasteiger partial charge in [-0.05, 0) is 24.4 Å². The van der Waals surface area contributed by atoms with Crippen molar-refractivity contribution in [1.82, 2.24) is 0 Å². The van der Waals surface area contributed by atoms with Gasteiger partial charge in [0, 0.05) is 4.70 Å². The van der Waals surface area contributed by atoms with E-state index in [9.17, 15) is 0 Å². The summed E-state index contributed by atoms with van der Waals surface area (Å²) < 4.78 is 1.19. The van der Waals surface area contributed by atoms with E-state index in [1.807, 2.05) is 6.07 Å². The molecule has 2 rings (SSSR count). The number of amidine groups is 1. The zero-order valence-electron chi connectivity index (χ0n) is 7.70. The molecule has 0 bridgehead atoms. The number of benzene rings is 1. The van der Waals surface area contributed by atoms with Gasteiger partial charge >= 0.3 is 0 Å². The van der Waals surface area contributed by atoms with E-state index in [-0.39, 0.29) is 18.2 Å². The van der Waals surface area contributed by atoms with Gasteiger partial charge in [0.25, 0.3) is 0 Å². The van der Waals surface area contributed by atoms with E-state index in [0.717, 1.165) is 4.88 Å². The van der Waals surface area contributed by atoms with Gasteiger partial charge in [-0.2, -0.15) is 0 Å². The number of halogens is 1. The Morgan fingerprint density at radius 2 is 2.07 bits per heavy atom. The van der Waals surface area contributed by atoms with Gasteiger partial charge in [0.05, 0.1) is 4.88 Å². The number of hydrogen-bond donors (Lipinski definition) is 2. The van der Waals surface area contributed by atoms with Crippen molar-refractivity contribution in [2.24, 2.45) is 5.73 Å². The Hall–Kier alpha value is -1.06. The highest BCUT2D eigenvalue weighted by Crippen LogP contribution is 2.25. The minimum Gasteiger partial charge on any atom is -0.383 e. The van der Waals surface area contributed by atoms with Crippen LogP contribution in [0.15, 0.2) is 24.3 Å². The number of nitrogen functional groups attached to an aromatic ring is 1. The molecule has 0 unspecified atom stereocenters. The SMILES string of the molecule is Cc1ccc2sc(C(=N)N)cc2c1.Cl. The van der Waals surface area contributed by atoms with E-state index in [1.165, 1.54) is 15.6 Å². The predicted octanol–water partition coefficient (Wildman–Crippen LogP) is 2.92. The quantitative estimate of drug-likeness (QED) is 0.570. The molecule has 0 saturated heterocycles. The zero-order chi connectivity index (χ0) is 9.42. The summed E-state index contributed by atoms with van der Waals surface area (Å²) in [6.07, 6.45) is 0. The minimum atomic E-state index is 0. The first kappa shape index (κ1) is 11.0. The van der Waals surface area contributed by atoms with Gasteiger partial charge in [0.1, 0.15) is 5.84 Å². The van der Waals surface area contributed by atoms with Crippen LogP contribution in [0.1, 0.15) is 10.4 Å². The molecule has 2 nitrogen and oxygen atoms in total. The molecule has 2 aromatic rings. The highest BCUT2D eigenvalue weighted by molar-refractivity contribution is 7.20. The van der Waals surface area contributed by atoms with Crippen molar-refractivity contribution in [1.29, 1.82) is 5.41 Å². The summed E-state index contributed by atoms with van der Waals surface area (Å²) >= 11 is 1.56. The summed E-state index contributed by atoms with van der Waals surface area (Å²) in [4.78, 5) is 0.848. The number of fused-ring (bicyclic) bond motifs is 1. The van der Waals surface area contributed by atoms with Gasteiger partial charge in [-0.15, -0.1) is 23.7 Å². The zero-order valence-corrected chi connectivity index (χ0v) is 9.34. The van der Waals surface area contributed by atoms with Crippen molar-refractivity contribution in [2.45, 2.75) is 6.92 Å². The third-order valence-electron chi connectivity index (χ3n) is 1.94. The van der Waals surface area contributed by atoms with Crippen LogP contribution in [0.3, 0.4) is 0 Å². The Morgan fingerprint density at radius 1 is 1.36 bits per heavy atom. The molecule has 0 atom stereocenters. The molecule has 0 aliphatic heterocycles. The second-order valence-electron chi connectivity index (χ2n) is 3.07. The molecule has 0 amide bonds. The minimum absolute atomic E-state index is 0. The van der Waals surface area contributed by atoms with E-state index < -0.39 is 0 Å². The molecule has 1 heterocycles. The molecule has 74 valence electrons. The number of nitrogens with one attached hydrogen (secondary N) is 1. The molecule has 0 spiro atoms. The smallest absolute Gasteiger partial charge is 0.133 e. The molecular weight excluding hydrogens is 216 g/mol. The predicted molar refractivity (Wildman–Crippen MR) is 64.8 cm³/mol. The third kappa shape index (κ3) is 1.89. The van der Waals surface area contributed by atoms with Gasteiger partial charge in [0.15, 0.2) is 0 Å². The molecule has 1 aromatic carbocycles. The fourth-order valence-corrected chi connectivity index (χ4v) is 2.20. The Balaban J connectivity index is 0.000000980. The van der Waals surface area contributed by atoms with Crippen LogP contribution in [0, 0.1) is 12.3 Å². The molecule has 14 heavy (non-hydrogen) atoms. The van der Waals surface area contributed by atoms with Crippen LogP contribution < -0.4 is 5.73 Å². The largest absolute Gasteiger partial charge is 0.383 e. The topological polar surface area (TPSA) is 49.9 Å². The average molecular weight is 227 g/mol. The lowest BCUT2D eigenvalue weighted by Crippen LogP contribution is -2.08. The molecule has 0 radical (unpaired) electrons. The van der Waals surface area contributed by atoms with Crippen molar-refractivity contribution in [3.8, 4) is 0 Å². The number of thiophene rings is 1. The molecule has 4 heteroatoms. The number of hydrogen-bond acceptors (Lipinski definition) is 2. The lowest BCUT2D eigenvalue weighted by molar-refractivity contribution is 1.45. The Bertz CT molecular complexity index is 476. The van der Waals surface area contributed by atoms with Crippen molar-refractivity contribution in [2.75, 3.05) is 0 Å². The van der Waals surface area contributed by atoms with Crippen LogP contribution >= 0.6 is 23.7 Å². The van der Waals surface area contributed by atoms with Crippen LogP contribution in [-0.2, 0) is 0 Å². The normalized spacial score (nSPS) is 9.79. The van der Waals surface area contributed by atoms with E-state index >= 15 is 0 Å². The van der Waals surface area contributed by atoms with E-state index in [1.54, 1.807) is 11.3 Å². The first-order valence-electron chi connectivity index (χ1n) is 4.01. The summed E-state index contributed by atoms with van der Waals surface area (Å²) in [5.74, 6) is 0.152. The van der Waals surface area contributed by atoms with E-state index in [2.05, 4.69) is 25.1 Å². The number of nitrogens with two attached hydrogens (primary N) is 1. The molecule has 0 saturated carbocycles. The lowest BCUT2D eigenvalue weighted by atomic mass is 10.2.